The average Bonchev–Trinajstić information content (AvgIpc) is 2.17. The van der Waals surface area contributed by atoms with E-state index in [-0.39, 0.29) is 0 Å². The lowest BCUT2D eigenvalue weighted by Gasteiger charge is -2.16. The smallest absolute Gasteiger partial charge is 0.0135 e. The summed E-state index contributed by atoms with van der Waals surface area (Å²) in [4.78, 5) is 0. The molecule has 0 saturated carbocycles. The molecule has 1 rings (SSSR count). The normalized spacial score (nSPS) is 21.5. The molecule has 0 radical (unpaired) electrons. The Morgan fingerprint density at radius 1 is 1.27 bits per heavy atom. The van der Waals surface area contributed by atoms with Crippen LogP contribution in [0.4, 0.5) is 0 Å². The molecule has 1 heteroatoms. The zero-order valence-corrected chi connectivity index (χ0v) is 8.28. The van der Waals surface area contributed by atoms with Gasteiger partial charge in [-0.1, -0.05) is 39.8 Å². The molecule has 66 valence electrons. The Bertz CT molecular complexity index is 114. The number of hydrogen-bond acceptors (Lipinski definition) is 1. The van der Waals surface area contributed by atoms with E-state index in [0.29, 0.717) is 5.41 Å². The van der Waals surface area contributed by atoms with E-state index in [1.165, 1.54) is 6.42 Å². The van der Waals surface area contributed by atoms with Gasteiger partial charge in [0.2, 0.25) is 0 Å². The van der Waals surface area contributed by atoms with Crippen LogP contribution in [0.1, 0.15) is 34.1 Å². The third-order valence-electron chi connectivity index (χ3n) is 1.78. The van der Waals surface area contributed by atoms with Gasteiger partial charge in [0.05, 0.1) is 0 Å². The molecule has 0 atom stereocenters. The maximum absolute atomic E-state index is 3.32. The van der Waals surface area contributed by atoms with Gasteiger partial charge < -0.3 is 5.32 Å². The first-order chi connectivity index (χ1) is 5.21. The fraction of sp³-hybridized carbons (Fsp3) is 0.800. The first-order valence-corrected chi connectivity index (χ1v) is 4.59. The molecule has 1 N–H and O–H groups in total. The Balaban J connectivity index is 0.000000461. The monoisotopic (exact) mass is 155 g/mol. The van der Waals surface area contributed by atoms with E-state index in [1.807, 2.05) is 13.8 Å². The summed E-state index contributed by atoms with van der Waals surface area (Å²) in [5.41, 5.74) is 0.420. The van der Waals surface area contributed by atoms with Crippen LogP contribution in [-0.4, -0.2) is 13.1 Å². The molecule has 0 aliphatic carbocycles. The Labute approximate surface area is 70.9 Å². The van der Waals surface area contributed by atoms with Crippen molar-refractivity contribution in [1.29, 1.82) is 0 Å². The molecule has 0 aromatic heterocycles. The predicted octanol–water partition coefficient (Wildman–Crippen LogP) is 2.59. The molecule has 1 aliphatic rings. The molecule has 1 heterocycles. The van der Waals surface area contributed by atoms with Gasteiger partial charge in [0.15, 0.2) is 0 Å². The summed E-state index contributed by atoms with van der Waals surface area (Å²) in [7, 11) is 0. The van der Waals surface area contributed by atoms with Gasteiger partial charge in [-0.05, 0) is 18.4 Å². The Kier molecular flexibility index (Phi) is 5.22. The van der Waals surface area contributed by atoms with Crippen molar-refractivity contribution in [2.45, 2.75) is 34.1 Å². The first-order valence-electron chi connectivity index (χ1n) is 4.59. The van der Waals surface area contributed by atoms with Gasteiger partial charge in [0, 0.05) is 6.54 Å². The third-order valence-corrected chi connectivity index (χ3v) is 1.78. The van der Waals surface area contributed by atoms with Crippen molar-refractivity contribution < 1.29 is 0 Å². The standard InChI is InChI=1S/C8H15N.C2H6/c1-8(2)4-3-6-9-7-5-8;1-2/h3-4,9H,5-7H2,1-2H3;1-2H3. The van der Waals surface area contributed by atoms with E-state index in [1.54, 1.807) is 0 Å². The second-order valence-electron chi connectivity index (χ2n) is 3.35. The molecule has 0 fully saturated rings. The minimum Gasteiger partial charge on any atom is -0.313 e. The van der Waals surface area contributed by atoms with Crippen LogP contribution in [0.3, 0.4) is 0 Å². The van der Waals surface area contributed by atoms with Gasteiger partial charge in [-0.2, -0.15) is 0 Å². The molecule has 0 spiro atoms. The summed E-state index contributed by atoms with van der Waals surface area (Å²) in [6, 6.07) is 0. The van der Waals surface area contributed by atoms with Crippen molar-refractivity contribution in [1.82, 2.24) is 5.32 Å². The molecule has 0 bridgehead atoms. The summed E-state index contributed by atoms with van der Waals surface area (Å²) < 4.78 is 0. The van der Waals surface area contributed by atoms with Crippen LogP contribution in [0.25, 0.3) is 0 Å². The molecular weight excluding hydrogens is 134 g/mol. The van der Waals surface area contributed by atoms with Crippen molar-refractivity contribution >= 4 is 0 Å². The number of hydrogen-bond donors (Lipinski definition) is 1. The molecule has 1 aliphatic heterocycles. The van der Waals surface area contributed by atoms with Crippen LogP contribution >= 0.6 is 0 Å². The topological polar surface area (TPSA) is 12.0 Å². The van der Waals surface area contributed by atoms with Gasteiger partial charge in [0.25, 0.3) is 0 Å². The van der Waals surface area contributed by atoms with Gasteiger partial charge in [0.1, 0.15) is 0 Å². The van der Waals surface area contributed by atoms with Gasteiger partial charge in [-0.3, -0.25) is 0 Å². The Morgan fingerprint density at radius 2 is 1.91 bits per heavy atom. The summed E-state index contributed by atoms with van der Waals surface area (Å²) in [5, 5.41) is 3.32. The van der Waals surface area contributed by atoms with Crippen LogP contribution in [0.2, 0.25) is 0 Å². The van der Waals surface area contributed by atoms with Crippen LogP contribution in [0, 0.1) is 5.41 Å². The molecule has 0 aromatic carbocycles. The maximum Gasteiger partial charge on any atom is 0.0135 e. The summed E-state index contributed by atoms with van der Waals surface area (Å²) >= 11 is 0. The van der Waals surface area contributed by atoms with E-state index >= 15 is 0 Å². The lowest BCUT2D eigenvalue weighted by Crippen LogP contribution is -2.17. The predicted molar refractivity (Wildman–Crippen MR) is 51.8 cm³/mol. The fourth-order valence-electron chi connectivity index (χ4n) is 1.06. The highest BCUT2D eigenvalue weighted by atomic mass is 14.8. The summed E-state index contributed by atoms with van der Waals surface area (Å²) in [6.45, 7) is 10.7. The van der Waals surface area contributed by atoms with Crippen LogP contribution in [0.15, 0.2) is 12.2 Å². The van der Waals surface area contributed by atoms with Crippen LogP contribution in [0.5, 0.6) is 0 Å². The highest BCUT2D eigenvalue weighted by Crippen LogP contribution is 2.21. The van der Waals surface area contributed by atoms with E-state index in [9.17, 15) is 0 Å². The zero-order chi connectivity index (χ0) is 8.74. The SMILES string of the molecule is CC.CC1(C)C=CCNCC1. The lowest BCUT2D eigenvalue weighted by molar-refractivity contribution is 0.437. The molecule has 0 unspecified atom stereocenters. The summed E-state index contributed by atoms with van der Waals surface area (Å²) in [5.74, 6) is 0. The molecule has 0 aromatic rings. The van der Waals surface area contributed by atoms with Crippen molar-refractivity contribution in [3.8, 4) is 0 Å². The zero-order valence-electron chi connectivity index (χ0n) is 8.28. The molecule has 1 nitrogen and oxygen atoms in total. The van der Waals surface area contributed by atoms with E-state index in [4.69, 9.17) is 0 Å². The van der Waals surface area contributed by atoms with Crippen molar-refractivity contribution in [3.63, 3.8) is 0 Å². The van der Waals surface area contributed by atoms with Crippen molar-refractivity contribution in [3.05, 3.63) is 12.2 Å². The maximum atomic E-state index is 3.32. The molecule has 11 heavy (non-hydrogen) atoms. The largest absolute Gasteiger partial charge is 0.313 e. The van der Waals surface area contributed by atoms with Crippen molar-refractivity contribution in [2.24, 2.45) is 5.41 Å². The third kappa shape index (κ3) is 5.02. The highest BCUT2D eigenvalue weighted by Gasteiger charge is 2.13. The average molecular weight is 155 g/mol. The van der Waals surface area contributed by atoms with Crippen molar-refractivity contribution in [2.75, 3.05) is 13.1 Å². The van der Waals surface area contributed by atoms with Crippen LogP contribution < -0.4 is 5.32 Å². The van der Waals surface area contributed by atoms with E-state index in [0.717, 1.165) is 13.1 Å². The van der Waals surface area contributed by atoms with E-state index in [2.05, 4.69) is 31.3 Å². The second-order valence-corrected chi connectivity index (χ2v) is 3.35. The lowest BCUT2D eigenvalue weighted by atomic mass is 9.90. The quantitative estimate of drug-likeness (QED) is 0.530. The van der Waals surface area contributed by atoms with Gasteiger partial charge in [-0.15, -0.1) is 0 Å². The molecular formula is C10H21N. The molecule has 0 saturated heterocycles. The van der Waals surface area contributed by atoms with Crippen LogP contribution in [-0.2, 0) is 0 Å². The minimum absolute atomic E-state index is 0.420. The fourth-order valence-corrected chi connectivity index (χ4v) is 1.06. The summed E-state index contributed by atoms with van der Waals surface area (Å²) in [6.07, 6.45) is 5.77. The highest BCUT2D eigenvalue weighted by molar-refractivity contribution is 4.98. The Morgan fingerprint density at radius 3 is 2.55 bits per heavy atom. The van der Waals surface area contributed by atoms with Gasteiger partial charge in [-0.25, -0.2) is 0 Å². The first kappa shape index (κ1) is 10.7. The molecule has 0 amide bonds. The second kappa shape index (κ2) is 5.36. The number of allylic oxidation sites excluding steroid dienone is 1. The van der Waals surface area contributed by atoms with E-state index < -0.39 is 0 Å². The number of nitrogens with one attached hydrogen (secondary N) is 1. The van der Waals surface area contributed by atoms with Gasteiger partial charge >= 0.3 is 0 Å². The number of rotatable bonds is 0. The Hall–Kier alpha value is -0.300. The minimum atomic E-state index is 0.420.